The first-order chi connectivity index (χ1) is 9.52. The molecule has 0 spiro atoms. The molecule has 1 atom stereocenters. The first-order valence-corrected chi connectivity index (χ1v) is 7.14. The molecule has 1 saturated carbocycles. The fourth-order valence-corrected chi connectivity index (χ4v) is 3.09. The van der Waals surface area contributed by atoms with Crippen LogP contribution in [-0.4, -0.2) is 0 Å². The molecular formula is C15H21F3N2. The molecule has 1 unspecified atom stereocenters. The van der Waals surface area contributed by atoms with Gasteiger partial charge in [0, 0.05) is 6.04 Å². The van der Waals surface area contributed by atoms with Gasteiger partial charge in [0.25, 0.3) is 0 Å². The maximum absolute atomic E-state index is 13.0. The standard InChI is InChI=1S/C15H21F3N2/c16-15(17,18)13-8-4-3-7-12(13)14(20-19)10-9-11-5-1-2-6-11/h3-4,7-8,11,14,20H,1-2,5-6,9-10,19H2. The molecule has 1 aromatic rings. The van der Waals surface area contributed by atoms with Gasteiger partial charge in [-0.2, -0.15) is 13.2 Å². The Morgan fingerprint density at radius 2 is 1.85 bits per heavy atom. The molecule has 1 aliphatic carbocycles. The van der Waals surface area contributed by atoms with Crippen LogP contribution in [0.1, 0.15) is 55.7 Å². The fraction of sp³-hybridized carbons (Fsp3) is 0.600. The summed E-state index contributed by atoms with van der Waals surface area (Å²) >= 11 is 0. The molecule has 20 heavy (non-hydrogen) atoms. The Morgan fingerprint density at radius 1 is 1.20 bits per heavy atom. The van der Waals surface area contributed by atoms with E-state index in [-0.39, 0.29) is 5.56 Å². The van der Waals surface area contributed by atoms with Crippen LogP contribution in [0, 0.1) is 5.92 Å². The highest BCUT2D eigenvalue weighted by molar-refractivity contribution is 5.32. The third-order valence-corrected chi connectivity index (χ3v) is 4.18. The van der Waals surface area contributed by atoms with Gasteiger partial charge < -0.3 is 0 Å². The molecule has 0 saturated heterocycles. The number of hydrazine groups is 1. The van der Waals surface area contributed by atoms with Gasteiger partial charge in [-0.15, -0.1) is 0 Å². The summed E-state index contributed by atoms with van der Waals surface area (Å²) in [6.45, 7) is 0. The second-order valence-electron chi connectivity index (χ2n) is 5.53. The Bertz CT molecular complexity index is 425. The van der Waals surface area contributed by atoms with E-state index in [0.717, 1.165) is 12.5 Å². The van der Waals surface area contributed by atoms with Crippen molar-refractivity contribution < 1.29 is 13.2 Å². The summed E-state index contributed by atoms with van der Waals surface area (Å²) < 4.78 is 39.1. The third kappa shape index (κ3) is 3.73. The predicted octanol–water partition coefficient (Wildman–Crippen LogP) is 4.18. The van der Waals surface area contributed by atoms with Crippen LogP contribution in [0.15, 0.2) is 24.3 Å². The van der Waals surface area contributed by atoms with Crippen LogP contribution < -0.4 is 11.3 Å². The number of nitrogens with two attached hydrogens (primary N) is 1. The summed E-state index contributed by atoms with van der Waals surface area (Å²) in [6, 6.07) is 5.24. The summed E-state index contributed by atoms with van der Waals surface area (Å²) in [5.41, 5.74) is 2.22. The van der Waals surface area contributed by atoms with Crippen LogP contribution in [0.2, 0.25) is 0 Å². The van der Waals surface area contributed by atoms with E-state index in [2.05, 4.69) is 5.43 Å². The van der Waals surface area contributed by atoms with Crippen LogP contribution >= 0.6 is 0 Å². The normalized spacial score (nSPS) is 18.4. The molecule has 0 bridgehead atoms. The van der Waals surface area contributed by atoms with Crippen LogP contribution in [0.4, 0.5) is 13.2 Å². The lowest BCUT2D eigenvalue weighted by Crippen LogP contribution is -2.30. The van der Waals surface area contributed by atoms with Crippen LogP contribution in [0.3, 0.4) is 0 Å². The summed E-state index contributed by atoms with van der Waals surface area (Å²) in [7, 11) is 0. The number of hydrogen-bond donors (Lipinski definition) is 2. The van der Waals surface area contributed by atoms with Crippen molar-refractivity contribution in [1.82, 2.24) is 5.43 Å². The molecule has 0 aromatic heterocycles. The van der Waals surface area contributed by atoms with Gasteiger partial charge in [-0.25, -0.2) is 0 Å². The lowest BCUT2D eigenvalue weighted by Gasteiger charge is -2.22. The molecule has 1 fully saturated rings. The van der Waals surface area contributed by atoms with Gasteiger partial charge in [0.1, 0.15) is 0 Å². The zero-order valence-electron chi connectivity index (χ0n) is 11.4. The van der Waals surface area contributed by atoms with Crippen molar-refractivity contribution in [3.63, 3.8) is 0 Å². The van der Waals surface area contributed by atoms with E-state index in [1.807, 2.05) is 0 Å². The molecule has 0 aliphatic heterocycles. The zero-order valence-corrected chi connectivity index (χ0v) is 11.4. The van der Waals surface area contributed by atoms with Crippen molar-refractivity contribution in [3.8, 4) is 0 Å². The molecule has 2 rings (SSSR count). The van der Waals surface area contributed by atoms with E-state index in [1.165, 1.54) is 37.8 Å². The molecule has 3 N–H and O–H groups in total. The minimum absolute atomic E-state index is 0.250. The van der Waals surface area contributed by atoms with Crippen LogP contribution in [0.5, 0.6) is 0 Å². The highest BCUT2D eigenvalue weighted by Crippen LogP contribution is 2.37. The SMILES string of the molecule is NNC(CCC1CCCC1)c1ccccc1C(F)(F)F. The predicted molar refractivity (Wildman–Crippen MR) is 72.7 cm³/mol. The lowest BCUT2D eigenvalue weighted by atomic mass is 9.92. The van der Waals surface area contributed by atoms with E-state index in [1.54, 1.807) is 6.07 Å². The van der Waals surface area contributed by atoms with Crippen molar-refractivity contribution in [3.05, 3.63) is 35.4 Å². The molecule has 1 aromatic carbocycles. The van der Waals surface area contributed by atoms with Gasteiger partial charge in [0.05, 0.1) is 5.56 Å². The van der Waals surface area contributed by atoms with Crippen LogP contribution in [0.25, 0.3) is 0 Å². The number of nitrogens with one attached hydrogen (secondary N) is 1. The third-order valence-electron chi connectivity index (χ3n) is 4.18. The topological polar surface area (TPSA) is 38.0 Å². The largest absolute Gasteiger partial charge is 0.416 e. The molecule has 2 nitrogen and oxygen atoms in total. The quantitative estimate of drug-likeness (QED) is 0.629. The number of halogens is 3. The smallest absolute Gasteiger partial charge is 0.271 e. The molecule has 5 heteroatoms. The minimum Gasteiger partial charge on any atom is -0.271 e. The van der Waals surface area contributed by atoms with E-state index in [4.69, 9.17) is 5.84 Å². The van der Waals surface area contributed by atoms with Crippen LogP contribution in [-0.2, 0) is 6.18 Å². The van der Waals surface area contributed by atoms with E-state index >= 15 is 0 Å². The van der Waals surface area contributed by atoms with Crippen molar-refractivity contribution >= 4 is 0 Å². The van der Waals surface area contributed by atoms with Gasteiger partial charge in [-0.05, 0) is 30.4 Å². The Hall–Kier alpha value is -1.07. The van der Waals surface area contributed by atoms with Gasteiger partial charge in [-0.3, -0.25) is 11.3 Å². The summed E-state index contributed by atoms with van der Waals surface area (Å²) in [5, 5.41) is 0. The molecule has 0 amide bonds. The number of hydrogen-bond acceptors (Lipinski definition) is 2. The average Bonchev–Trinajstić information content (AvgIpc) is 2.92. The highest BCUT2D eigenvalue weighted by atomic mass is 19.4. The van der Waals surface area contributed by atoms with Crippen molar-refractivity contribution in [2.45, 2.75) is 50.7 Å². The highest BCUT2D eigenvalue weighted by Gasteiger charge is 2.34. The monoisotopic (exact) mass is 286 g/mol. The Balaban J connectivity index is 2.10. The summed E-state index contributed by atoms with van der Waals surface area (Å²) in [6.07, 6.45) is 2.11. The first kappa shape index (κ1) is 15.3. The van der Waals surface area contributed by atoms with Crippen molar-refractivity contribution in [2.24, 2.45) is 11.8 Å². The number of benzene rings is 1. The van der Waals surface area contributed by atoms with E-state index in [0.29, 0.717) is 12.3 Å². The summed E-state index contributed by atoms with van der Waals surface area (Å²) in [4.78, 5) is 0. The molecule has 112 valence electrons. The van der Waals surface area contributed by atoms with Crippen molar-refractivity contribution in [2.75, 3.05) is 0 Å². The van der Waals surface area contributed by atoms with Gasteiger partial charge in [0.2, 0.25) is 0 Å². The number of alkyl halides is 3. The second-order valence-corrected chi connectivity index (χ2v) is 5.53. The molecular weight excluding hydrogens is 265 g/mol. The Kier molecular flexibility index (Phi) is 5.05. The van der Waals surface area contributed by atoms with Crippen molar-refractivity contribution in [1.29, 1.82) is 0 Å². The Morgan fingerprint density at radius 3 is 2.45 bits per heavy atom. The van der Waals surface area contributed by atoms with E-state index in [9.17, 15) is 13.2 Å². The molecule has 1 aliphatic rings. The first-order valence-electron chi connectivity index (χ1n) is 7.14. The molecule has 0 heterocycles. The fourth-order valence-electron chi connectivity index (χ4n) is 3.09. The Labute approximate surface area is 117 Å². The summed E-state index contributed by atoms with van der Waals surface area (Å²) in [5.74, 6) is 6.13. The minimum atomic E-state index is -4.33. The van der Waals surface area contributed by atoms with Gasteiger partial charge >= 0.3 is 6.18 Å². The zero-order chi connectivity index (χ0) is 14.6. The van der Waals surface area contributed by atoms with Gasteiger partial charge in [0.15, 0.2) is 0 Å². The second kappa shape index (κ2) is 6.59. The maximum atomic E-state index is 13.0. The molecule has 0 radical (unpaired) electrons. The average molecular weight is 286 g/mol. The maximum Gasteiger partial charge on any atom is 0.416 e. The number of rotatable bonds is 5. The lowest BCUT2D eigenvalue weighted by molar-refractivity contribution is -0.138. The van der Waals surface area contributed by atoms with Gasteiger partial charge in [-0.1, -0.05) is 43.9 Å². The van der Waals surface area contributed by atoms with E-state index < -0.39 is 17.8 Å².